The van der Waals surface area contributed by atoms with Crippen LogP contribution in [0.1, 0.15) is 18.1 Å². The molecule has 0 spiro atoms. The van der Waals surface area contributed by atoms with Gasteiger partial charge in [0.15, 0.2) is 0 Å². The number of hydrogen-bond donors (Lipinski definition) is 1. The molecule has 21 heavy (non-hydrogen) atoms. The zero-order valence-corrected chi connectivity index (χ0v) is 12.8. The van der Waals surface area contributed by atoms with Crippen LogP contribution in [0.15, 0.2) is 48.5 Å². The van der Waals surface area contributed by atoms with Gasteiger partial charge in [-0.1, -0.05) is 42.0 Å². The Labute approximate surface area is 126 Å². The van der Waals surface area contributed by atoms with E-state index in [4.69, 9.17) is 9.47 Å². The molecular formula is C18H23NO2. The van der Waals surface area contributed by atoms with Gasteiger partial charge in [0, 0.05) is 13.2 Å². The highest BCUT2D eigenvalue weighted by atomic mass is 16.5. The fourth-order valence-electron chi connectivity index (χ4n) is 2.11. The van der Waals surface area contributed by atoms with Crippen molar-refractivity contribution in [2.24, 2.45) is 0 Å². The lowest BCUT2D eigenvalue weighted by molar-refractivity contribution is 0.110. The van der Waals surface area contributed by atoms with E-state index in [1.165, 1.54) is 11.1 Å². The second-order valence-electron chi connectivity index (χ2n) is 4.88. The van der Waals surface area contributed by atoms with Crippen molar-refractivity contribution in [3.63, 3.8) is 0 Å². The molecule has 0 aliphatic rings. The molecule has 0 aliphatic heterocycles. The van der Waals surface area contributed by atoms with Crippen LogP contribution in [-0.4, -0.2) is 19.8 Å². The van der Waals surface area contributed by atoms with Gasteiger partial charge in [0.25, 0.3) is 0 Å². The molecule has 0 bridgehead atoms. The van der Waals surface area contributed by atoms with Crippen molar-refractivity contribution in [1.29, 1.82) is 0 Å². The number of rotatable bonds is 8. The van der Waals surface area contributed by atoms with E-state index in [-0.39, 0.29) is 0 Å². The van der Waals surface area contributed by atoms with Crippen molar-refractivity contribution in [3.8, 4) is 5.75 Å². The van der Waals surface area contributed by atoms with Crippen molar-refractivity contribution in [3.05, 3.63) is 59.7 Å². The molecule has 2 aromatic carbocycles. The summed E-state index contributed by atoms with van der Waals surface area (Å²) in [6.07, 6.45) is 0. The van der Waals surface area contributed by atoms with Crippen LogP contribution in [-0.2, 0) is 11.3 Å². The maximum absolute atomic E-state index is 5.76. The standard InChI is InChI=1S/C18H23NO2/c1-3-20-11-12-21-18-10-5-4-9-17(18)19-14-16-8-6-7-15(2)13-16/h4-10,13,19H,3,11-12,14H2,1-2H3. The van der Waals surface area contributed by atoms with Gasteiger partial charge in [-0.25, -0.2) is 0 Å². The Balaban J connectivity index is 1.93. The minimum atomic E-state index is 0.566. The summed E-state index contributed by atoms with van der Waals surface area (Å²) in [6.45, 7) is 6.77. The summed E-state index contributed by atoms with van der Waals surface area (Å²) in [6, 6.07) is 16.5. The van der Waals surface area contributed by atoms with Crippen LogP contribution in [0.5, 0.6) is 5.75 Å². The summed E-state index contributed by atoms with van der Waals surface area (Å²) in [4.78, 5) is 0. The summed E-state index contributed by atoms with van der Waals surface area (Å²) >= 11 is 0. The van der Waals surface area contributed by atoms with E-state index in [9.17, 15) is 0 Å². The second-order valence-corrected chi connectivity index (χ2v) is 4.88. The predicted octanol–water partition coefficient (Wildman–Crippen LogP) is 4.02. The molecule has 112 valence electrons. The van der Waals surface area contributed by atoms with Crippen molar-refractivity contribution < 1.29 is 9.47 Å². The Morgan fingerprint density at radius 3 is 2.67 bits per heavy atom. The first-order valence-electron chi connectivity index (χ1n) is 7.38. The van der Waals surface area contributed by atoms with Crippen LogP contribution in [0.4, 0.5) is 5.69 Å². The van der Waals surface area contributed by atoms with Crippen LogP contribution < -0.4 is 10.1 Å². The highest BCUT2D eigenvalue weighted by molar-refractivity contribution is 5.56. The molecule has 0 aromatic heterocycles. The maximum atomic E-state index is 5.76. The van der Waals surface area contributed by atoms with Gasteiger partial charge in [-0.2, -0.15) is 0 Å². The number of anilines is 1. The van der Waals surface area contributed by atoms with Crippen LogP contribution in [0, 0.1) is 6.92 Å². The van der Waals surface area contributed by atoms with Gasteiger partial charge < -0.3 is 14.8 Å². The number of nitrogens with one attached hydrogen (secondary N) is 1. The van der Waals surface area contributed by atoms with Crippen molar-refractivity contribution >= 4 is 5.69 Å². The Morgan fingerprint density at radius 2 is 1.86 bits per heavy atom. The third-order valence-corrected chi connectivity index (χ3v) is 3.14. The number of hydrogen-bond acceptors (Lipinski definition) is 3. The van der Waals surface area contributed by atoms with Crippen molar-refractivity contribution in [1.82, 2.24) is 0 Å². The van der Waals surface area contributed by atoms with Crippen molar-refractivity contribution in [2.75, 3.05) is 25.1 Å². The van der Waals surface area contributed by atoms with Gasteiger partial charge in [-0.3, -0.25) is 0 Å². The first kappa shape index (κ1) is 15.4. The molecule has 2 rings (SSSR count). The molecule has 0 saturated carbocycles. The van der Waals surface area contributed by atoms with E-state index in [2.05, 4.69) is 36.5 Å². The van der Waals surface area contributed by atoms with Gasteiger partial charge in [0.2, 0.25) is 0 Å². The highest BCUT2D eigenvalue weighted by Gasteiger charge is 2.02. The predicted molar refractivity (Wildman–Crippen MR) is 86.9 cm³/mol. The van der Waals surface area contributed by atoms with E-state index < -0.39 is 0 Å². The quantitative estimate of drug-likeness (QED) is 0.743. The van der Waals surface area contributed by atoms with Gasteiger partial charge in [0.1, 0.15) is 12.4 Å². The summed E-state index contributed by atoms with van der Waals surface area (Å²) < 4.78 is 11.1. The number of aryl methyl sites for hydroxylation is 1. The number of ether oxygens (including phenoxy) is 2. The van der Waals surface area contributed by atoms with Crippen LogP contribution in [0.25, 0.3) is 0 Å². The molecule has 3 nitrogen and oxygen atoms in total. The van der Waals surface area contributed by atoms with Crippen LogP contribution >= 0.6 is 0 Å². The van der Waals surface area contributed by atoms with E-state index in [1.807, 2.05) is 31.2 Å². The van der Waals surface area contributed by atoms with E-state index in [1.54, 1.807) is 0 Å². The Morgan fingerprint density at radius 1 is 1.00 bits per heavy atom. The SMILES string of the molecule is CCOCCOc1ccccc1NCc1cccc(C)c1. The molecule has 0 aliphatic carbocycles. The number of para-hydroxylation sites is 2. The summed E-state index contributed by atoms with van der Waals surface area (Å²) in [5.41, 5.74) is 3.55. The topological polar surface area (TPSA) is 30.5 Å². The lowest BCUT2D eigenvalue weighted by Crippen LogP contribution is -2.08. The van der Waals surface area contributed by atoms with Crippen LogP contribution in [0.2, 0.25) is 0 Å². The molecule has 0 heterocycles. The maximum Gasteiger partial charge on any atom is 0.142 e. The monoisotopic (exact) mass is 285 g/mol. The lowest BCUT2D eigenvalue weighted by atomic mass is 10.1. The molecular weight excluding hydrogens is 262 g/mol. The highest BCUT2D eigenvalue weighted by Crippen LogP contribution is 2.24. The summed E-state index contributed by atoms with van der Waals surface area (Å²) in [7, 11) is 0. The normalized spacial score (nSPS) is 10.4. The van der Waals surface area contributed by atoms with Gasteiger partial charge in [0.05, 0.1) is 12.3 Å². The smallest absolute Gasteiger partial charge is 0.142 e. The molecule has 0 unspecified atom stereocenters. The number of benzene rings is 2. The zero-order valence-electron chi connectivity index (χ0n) is 12.8. The fourth-order valence-corrected chi connectivity index (χ4v) is 2.11. The molecule has 0 amide bonds. The van der Waals surface area contributed by atoms with Gasteiger partial charge in [-0.15, -0.1) is 0 Å². The first-order chi connectivity index (χ1) is 10.3. The molecule has 1 N–H and O–H groups in total. The van der Waals surface area contributed by atoms with Crippen LogP contribution in [0.3, 0.4) is 0 Å². The lowest BCUT2D eigenvalue weighted by Gasteiger charge is -2.13. The molecule has 0 radical (unpaired) electrons. The fraction of sp³-hybridized carbons (Fsp3) is 0.333. The molecule has 0 saturated heterocycles. The molecule has 2 aromatic rings. The zero-order chi connectivity index (χ0) is 14.9. The van der Waals surface area contributed by atoms with Gasteiger partial charge >= 0.3 is 0 Å². The average Bonchev–Trinajstić information content (AvgIpc) is 2.50. The van der Waals surface area contributed by atoms with E-state index in [0.717, 1.165) is 24.6 Å². The largest absolute Gasteiger partial charge is 0.489 e. The Hall–Kier alpha value is -2.00. The average molecular weight is 285 g/mol. The Bertz CT molecular complexity index is 554. The van der Waals surface area contributed by atoms with Gasteiger partial charge in [-0.05, 0) is 31.5 Å². The van der Waals surface area contributed by atoms with E-state index in [0.29, 0.717) is 13.2 Å². The first-order valence-corrected chi connectivity index (χ1v) is 7.38. The molecule has 0 atom stereocenters. The second kappa shape index (κ2) is 8.32. The van der Waals surface area contributed by atoms with E-state index >= 15 is 0 Å². The molecule has 0 fully saturated rings. The van der Waals surface area contributed by atoms with Crippen molar-refractivity contribution in [2.45, 2.75) is 20.4 Å². The summed E-state index contributed by atoms with van der Waals surface area (Å²) in [5.74, 6) is 0.866. The third-order valence-electron chi connectivity index (χ3n) is 3.14. The molecule has 3 heteroatoms. The Kier molecular flexibility index (Phi) is 6.10. The third kappa shape index (κ3) is 5.12. The summed E-state index contributed by atoms with van der Waals surface area (Å²) in [5, 5.41) is 3.43. The minimum Gasteiger partial charge on any atom is -0.489 e. The minimum absolute atomic E-state index is 0.566.